The SMILES string of the molecule is CC1(F)COc2ccc(I)cc2-n2nc(C(=O)O)cc21. The molecular formula is C13H10FIN2O3. The topological polar surface area (TPSA) is 64.4 Å². The van der Waals surface area contributed by atoms with Crippen LogP contribution in [0.4, 0.5) is 4.39 Å². The second-order valence-electron chi connectivity index (χ2n) is 4.73. The van der Waals surface area contributed by atoms with Crippen molar-refractivity contribution >= 4 is 28.6 Å². The molecule has 0 spiro atoms. The monoisotopic (exact) mass is 388 g/mol. The number of ether oxygens (including phenoxy) is 1. The highest BCUT2D eigenvalue weighted by atomic mass is 127. The number of carboxylic acid groups (broad SMARTS) is 1. The predicted molar refractivity (Wildman–Crippen MR) is 77.2 cm³/mol. The zero-order valence-corrected chi connectivity index (χ0v) is 12.6. The summed E-state index contributed by atoms with van der Waals surface area (Å²) in [6.45, 7) is 1.16. The van der Waals surface area contributed by atoms with Crippen LogP contribution in [0.2, 0.25) is 0 Å². The number of aromatic carboxylic acids is 1. The van der Waals surface area contributed by atoms with Gasteiger partial charge in [-0.15, -0.1) is 0 Å². The van der Waals surface area contributed by atoms with E-state index in [0.717, 1.165) is 3.57 Å². The number of halogens is 2. The molecule has 1 aliphatic heterocycles. The minimum atomic E-state index is -1.81. The number of carbonyl (C=O) groups is 1. The number of rotatable bonds is 1. The average Bonchev–Trinajstić information content (AvgIpc) is 2.79. The zero-order chi connectivity index (χ0) is 14.5. The van der Waals surface area contributed by atoms with E-state index in [1.165, 1.54) is 17.7 Å². The molecule has 0 saturated carbocycles. The number of hydrogen-bond donors (Lipinski definition) is 1. The fraction of sp³-hybridized carbons (Fsp3) is 0.231. The molecular weight excluding hydrogens is 378 g/mol. The van der Waals surface area contributed by atoms with E-state index in [1.807, 2.05) is 6.07 Å². The summed E-state index contributed by atoms with van der Waals surface area (Å²) in [6.07, 6.45) is 0. The van der Waals surface area contributed by atoms with E-state index in [1.54, 1.807) is 12.1 Å². The van der Waals surface area contributed by atoms with Crippen LogP contribution in [-0.2, 0) is 5.67 Å². The predicted octanol–water partition coefficient (Wildman–Crippen LogP) is 2.75. The van der Waals surface area contributed by atoms with Crippen molar-refractivity contribution in [3.63, 3.8) is 0 Å². The molecule has 0 fully saturated rings. The van der Waals surface area contributed by atoms with Gasteiger partial charge in [0.05, 0.1) is 5.69 Å². The Balaban J connectivity index is 2.30. The fourth-order valence-electron chi connectivity index (χ4n) is 2.11. The molecule has 0 aliphatic carbocycles. The van der Waals surface area contributed by atoms with Crippen LogP contribution in [0, 0.1) is 3.57 Å². The van der Waals surface area contributed by atoms with Gasteiger partial charge in [0.25, 0.3) is 0 Å². The van der Waals surface area contributed by atoms with Crippen LogP contribution in [0.3, 0.4) is 0 Å². The summed E-state index contributed by atoms with van der Waals surface area (Å²) < 4.78 is 22.4. The van der Waals surface area contributed by atoms with Crippen molar-refractivity contribution in [2.24, 2.45) is 0 Å². The number of benzene rings is 1. The number of carboxylic acids is 1. The standard InChI is InChI=1S/C13H10FIN2O3/c1-13(14)6-20-10-3-2-7(15)4-9(10)17-11(13)5-8(16-17)12(18)19/h2-5H,6H2,1H3,(H,18,19). The smallest absolute Gasteiger partial charge is 0.356 e. The Morgan fingerprint density at radius 3 is 3.00 bits per heavy atom. The molecule has 1 aromatic carbocycles. The van der Waals surface area contributed by atoms with Gasteiger partial charge in [-0.2, -0.15) is 5.10 Å². The maximum Gasteiger partial charge on any atom is 0.356 e. The first-order valence-corrected chi connectivity index (χ1v) is 6.92. The Labute approximate surface area is 127 Å². The second kappa shape index (κ2) is 4.44. The van der Waals surface area contributed by atoms with Gasteiger partial charge < -0.3 is 9.84 Å². The summed E-state index contributed by atoms with van der Waals surface area (Å²) in [5.41, 5.74) is -1.28. The molecule has 1 N–H and O–H groups in total. The summed E-state index contributed by atoms with van der Waals surface area (Å²) >= 11 is 2.12. The highest BCUT2D eigenvalue weighted by Crippen LogP contribution is 2.36. The van der Waals surface area contributed by atoms with Crippen LogP contribution in [0.1, 0.15) is 23.1 Å². The summed E-state index contributed by atoms with van der Waals surface area (Å²) in [4.78, 5) is 11.1. The van der Waals surface area contributed by atoms with E-state index in [4.69, 9.17) is 9.84 Å². The lowest BCUT2D eigenvalue weighted by Gasteiger charge is -2.17. The van der Waals surface area contributed by atoms with Gasteiger partial charge in [0, 0.05) is 3.57 Å². The summed E-state index contributed by atoms with van der Waals surface area (Å²) in [5.74, 6) is -0.706. The molecule has 7 heteroatoms. The van der Waals surface area contributed by atoms with Gasteiger partial charge in [-0.3, -0.25) is 0 Å². The third-order valence-electron chi connectivity index (χ3n) is 3.11. The first kappa shape index (κ1) is 13.3. The molecule has 5 nitrogen and oxygen atoms in total. The van der Waals surface area contributed by atoms with Crippen LogP contribution in [0.25, 0.3) is 5.69 Å². The van der Waals surface area contributed by atoms with Gasteiger partial charge in [0.2, 0.25) is 0 Å². The molecule has 20 heavy (non-hydrogen) atoms. The quantitative estimate of drug-likeness (QED) is 0.764. The molecule has 3 rings (SSSR count). The van der Waals surface area contributed by atoms with Crippen molar-refractivity contribution in [3.8, 4) is 11.4 Å². The maximum absolute atomic E-state index is 14.7. The van der Waals surface area contributed by atoms with Gasteiger partial charge in [0.15, 0.2) is 11.4 Å². The Hall–Kier alpha value is -1.64. The van der Waals surface area contributed by atoms with Crippen molar-refractivity contribution < 1.29 is 19.0 Å². The Bertz CT molecular complexity index is 712. The highest BCUT2D eigenvalue weighted by molar-refractivity contribution is 14.1. The van der Waals surface area contributed by atoms with E-state index < -0.39 is 11.6 Å². The molecule has 0 saturated heterocycles. The van der Waals surface area contributed by atoms with Crippen LogP contribution < -0.4 is 4.74 Å². The first-order chi connectivity index (χ1) is 9.38. The van der Waals surface area contributed by atoms with Crippen molar-refractivity contribution in [3.05, 3.63) is 39.2 Å². The molecule has 1 aromatic heterocycles. The average molecular weight is 388 g/mol. The molecule has 1 atom stereocenters. The molecule has 2 aromatic rings. The molecule has 1 aliphatic rings. The first-order valence-electron chi connectivity index (χ1n) is 5.84. The van der Waals surface area contributed by atoms with Crippen molar-refractivity contribution in [1.29, 1.82) is 0 Å². The zero-order valence-electron chi connectivity index (χ0n) is 10.4. The molecule has 104 valence electrons. The fourth-order valence-corrected chi connectivity index (χ4v) is 2.58. The lowest BCUT2D eigenvalue weighted by atomic mass is 10.1. The van der Waals surface area contributed by atoms with Gasteiger partial charge in [-0.1, -0.05) is 0 Å². The van der Waals surface area contributed by atoms with Gasteiger partial charge >= 0.3 is 5.97 Å². The van der Waals surface area contributed by atoms with Crippen molar-refractivity contribution in [1.82, 2.24) is 9.78 Å². The van der Waals surface area contributed by atoms with E-state index >= 15 is 0 Å². The normalized spacial score (nSPS) is 20.6. The Kier molecular flexibility index (Phi) is 2.96. The van der Waals surface area contributed by atoms with Crippen LogP contribution in [0.15, 0.2) is 24.3 Å². The van der Waals surface area contributed by atoms with Crippen molar-refractivity contribution in [2.75, 3.05) is 6.61 Å². The van der Waals surface area contributed by atoms with Gasteiger partial charge in [0.1, 0.15) is 18.0 Å². The second-order valence-corrected chi connectivity index (χ2v) is 5.98. The number of hydrogen-bond acceptors (Lipinski definition) is 3. The van der Waals surface area contributed by atoms with Crippen LogP contribution in [0.5, 0.6) is 5.75 Å². The third kappa shape index (κ3) is 2.05. The molecule has 0 bridgehead atoms. The molecule has 0 amide bonds. The van der Waals surface area contributed by atoms with Gasteiger partial charge in [-0.25, -0.2) is 13.9 Å². The molecule has 1 unspecified atom stereocenters. The van der Waals surface area contributed by atoms with Gasteiger partial charge in [-0.05, 0) is 53.8 Å². The van der Waals surface area contributed by atoms with Crippen molar-refractivity contribution in [2.45, 2.75) is 12.6 Å². The van der Waals surface area contributed by atoms with E-state index in [0.29, 0.717) is 11.4 Å². The number of alkyl halides is 1. The summed E-state index contributed by atoms with van der Waals surface area (Å²) in [7, 11) is 0. The third-order valence-corrected chi connectivity index (χ3v) is 3.78. The highest BCUT2D eigenvalue weighted by Gasteiger charge is 2.36. The number of nitrogens with zero attached hydrogens (tertiary/aromatic N) is 2. The van der Waals surface area contributed by atoms with E-state index in [2.05, 4.69) is 27.7 Å². The molecule has 2 heterocycles. The largest absolute Gasteiger partial charge is 0.488 e. The minimum absolute atomic E-state index is 0.177. The van der Waals surface area contributed by atoms with E-state index in [-0.39, 0.29) is 18.0 Å². The van der Waals surface area contributed by atoms with Crippen LogP contribution in [-0.4, -0.2) is 27.5 Å². The lowest BCUT2D eigenvalue weighted by Crippen LogP contribution is -2.25. The van der Waals surface area contributed by atoms with E-state index in [9.17, 15) is 9.18 Å². The number of aromatic nitrogens is 2. The summed E-state index contributed by atoms with van der Waals surface area (Å²) in [5, 5.41) is 13.0. The minimum Gasteiger partial charge on any atom is -0.488 e. The maximum atomic E-state index is 14.7. The lowest BCUT2D eigenvalue weighted by molar-refractivity contribution is 0.0690. The number of fused-ring (bicyclic) bond motifs is 3. The summed E-state index contributed by atoms with van der Waals surface area (Å²) in [6, 6.07) is 6.59. The Morgan fingerprint density at radius 2 is 2.30 bits per heavy atom. The Morgan fingerprint density at radius 1 is 1.55 bits per heavy atom. The van der Waals surface area contributed by atoms with Crippen LogP contribution >= 0.6 is 22.6 Å². The molecule has 0 radical (unpaired) electrons.